The molecule has 0 aliphatic carbocycles. The average molecular weight is 405 g/mol. The predicted molar refractivity (Wildman–Crippen MR) is 118 cm³/mol. The van der Waals surface area contributed by atoms with E-state index < -0.39 is 0 Å². The molecule has 0 fully saturated rings. The van der Waals surface area contributed by atoms with Crippen molar-refractivity contribution in [2.75, 3.05) is 0 Å². The number of hydrogen-bond acceptors (Lipinski definition) is 3. The Morgan fingerprint density at radius 1 is 0.931 bits per heavy atom. The molecule has 4 rings (SSSR count). The van der Waals surface area contributed by atoms with Gasteiger partial charge in [-0.05, 0) is 44.0 Å². The van der Waals surface area contributed by atoms with E-state index in [4.69, 9.17) is 20.8 Å². The van der Waals surface area contributed by atoms with Crippen LogP contribution in [0.1, 0.15) is 22.3 Å². The molecule has 1 heterocycles. The summed E-state index contributed by atoms with van der Waals surface area (Å²) in [6.45, 7) is 6.09. The van der Waals surface area contributed by atoms with E-state index >= 15 is 0 Å². The van der Waals surface area contributed by atoms with E-state index in [1.165, 1.54) is 0 Å². The normalized spacial score (nSPS) is 11.0. The Bertz CT molecular complexity index is 1250. The van der Waals surface area contributed by atoms with Crippen molar-refractivity contribution < 1.29 is 9.15 Å². The summed E-state index contributed by atoms with van der Waals surface area (Å²) in [7, 11) is 0. The van der Waals surface area contributed by atoms with Gasteiger partial charge in [0, 0.05) is 16.1 Å². The number of hydrogen-bond donors (Lipinski definition) is 0. The van der Waals surface area contributed by atoms with Gasteiger partial charge < -0.3 is 9.15 Å². The van der Waals surface area contributed by atoms with Crippen LogP contribution in [0.4, 0.5) is 0 Å². The topological polar surface area (TPSA) is 39.4 Å². The van der Waals surface area contributed by atoms with Crippen LogP contribution in [0.3, 0.4) is 0 Å². The van der Waals surface area contributed by atoms with Crippen LogP contribution < -0.4 is 10.2 Å². The maximum absolute atomic E-state index is 13.4. The van der Waals surface area contributed by atoms with Gasteiger partial charge in [0.05, 0.1) is 5.39 Å². The Morgan fingerprint density at radius 3 is 2.38 bits per heavy atom. The summed E-state index contributed by atoms with van der Waals surface area (Å²) in [5, 5.41) is 1.14. The summed E-state index contributed by atoms with van der Waals surface area (Å²) in [4.78, 5) is 13.4. The van der Waals surface area contributed by atoms with E-state index in [-0.39, 0.29) is 17.8 Å². The smallest absolute Gasteiger partial charge is 0.235 e. The summed E-state index contributed by atoms with van der Waals surface area (Å²) >= 11 is 6.26. The van der Waals surface area contributed by atoms with Crippen LogP contribution in [0.5, 0.6) is 5.75 Å². The number of fused-ring (bicyclic) bond motifs is 1. The highest BCUT2D eigenvalue weighted by Crippen LogP contribution is 2.33. The Morgan fingerprint density at radius 2 is 1.66 bits per heavy atom. The second-order valence-corrected chi connectivity index (χ2v) is 7.70. The lowest BCUT2D eigenvalue weighted by Crippen LogP contribution is -2.11. The number of ether oxygens (including phenoxy) is 1. The minimum atomic E-state index is -0.175. The molecule has 0 bridgehead atoms. The molecule has 0 saturated carbocycles. The van der Waals surface area contributed by atoms with Gasteiger partial charge in [0.25, 0.3) is 0 Å². The Kier molecular flexibility index (Phi) is 5.16. The van der Waals surface area contributed by atoms with Crippen LogP contribution in [0.15, 0.2) is 69.9 Å². The quantitative estimate of drug-likeness (QED) is 0.383. The third kappa shape index (κ3) is 3.79. The van der Waals surface area contributed by atoms with Gasteiger partial charge in [0.15, 0.2) is 5.76 Å². The molecule has 0 spiro atoms. The third-order valence-electron chi connectivity index (χ3n) is 4.94. The van der Waals surface area contributed by atoms with Crippen LogP contribution in [-0.4, -0.2) is 0 Å². The molecule has 4 heteroatoms. The van der Waals surface area contributed by atoms with Crippen molar-refractivity contribution in [3.63, 3.8) is 0 Å². The monoisotopic (exact) mass is 404 g/mol. The van der Waals surface area contributed by atoms with Crippen LogP contribution in [0.25, 0.3) is 22.3 Å². The molecule has 0 aliphatic heterocycles. The average Bonchev–Trinajstić information content (AvgIpc) is 2.68. The van der Waals surface area contributed by atoms with Gasteiger partial charge in [-0.2, -0.15) is 0 Å². The molecule has 3 nitrogen and oxygen atoms in total. The van der Waals surface area contributed by atoms with Gasteiger partial charge in [-0.3, -0.25) is 4.79 Å². The number of halogens is 1. The summed E-state index contributed by atoms with van der Waals surface area (Å²) in [6, 6.07) is 19.1. The van der Waals surface area contributed by atoms with Gasteiger partial charge in [-0.15, -0.1) is 0 Å². The predicted octanol–water partition coefficient (Wildman–Crippen LogP) is 6.62. The lowest BCUT2D eigenvalue weighted by Gasteiger charge is -2.14. The summed E-state index contributed by atoms with van der Waals surface area (Å²) in [6.07, 6.45) is 0. The van der Waals surface area contributed by atoms with Gasteiger partial charge >= 0.3 is 0 Å². The molecule has 0 N–H and O–H groups in total. The molecule has 0 unspecified atom stereocenters. The molecule has 0 aliphatic rings. The van der Waals surface area contributed by atoms with Crippen molar-refractivity contribution in [1.29, 1.82) is 0 Å². The first-order valence-electron chi connectivity index (χ1n) is 9.45. The SMILES string of the molecule is Cc1ccc(-c2oc3cc(C)cc(C)c3c(=O)c2OCc2ccccc2Cl)cc1. The zero-order chi connectivity index (χ0) is 20.5. The number of rotatable bonds is 4. The molecular formula is C25H21ClO3. The van der Waals surface area contributed by atoms with E-state index in [9.17, 15) is 4.79 Å². The van der Waals surface area contributed by atoms with Crippen molar-refractivity contribution >= 4 is 22.6 Å². The Hall–Kier alpha value is -3.04. The molecule has 0 amide bonds. The van der Waals surface area contributed by atoms with E-state index in [0.29, 0.717) is 21.8 Å². The van der Waals surface area contributed by atoms with Crippen LogP contribution in [0, 0.1) is 20.8 Å². The zero-order valence-electron chi connectivity index (χ0n) is 16.6. The zero-order valence-corrected chi connectivity index (χ0v) is 17.3. The fraction of sp³-hybridized carbons (Fsp3) is 0.160. The van der Waals surface area contributed by atoms with Gasteiger partial charge in [0.2, 0.25) is 11.2 Å². The van der Waals surface area contributed by atoms with E-state index in [1.807, 2.05) is 75.4 Å². The van der Waals surface area contributed by atoms with Crippen molar-refractivity contribution in [2.45, 2.75) is 27.4 Å². The standard InChI is InChI=1S/C25H21ClO3/c1-15-8-10-18(11-9-15)24-25(28-14-19-6-4-5-7-20(19)26)23(27)22-17(3)12-16(2)13-21(22)29-24/h4-13H,14H2,1-3H3. The van der Waals surface area contributed by atoms with Crippen molar-refractivity contribution in [1.82, 2.24) is 0 Å². The second-order valence-electron chi connectivity index (χ2n) is 7.29. The van der Waals surface area contributed by atoms with Gasteiger partial charge in [-0.25, -0.2) is 0 Å². The molecule has 1 aromatic heterocycles. The highest BCUT2D eigenvalue weighted by atomic mass is 35.5. The van der Waals surface area contributed by atoms with Gasteiger partial charge in [0.1, 0.15) is 12.2 Å². The molecule has 146 valence electrons. The molecule has 0 radical (unpaired) electrons. The fourth-order valence-corrected chi connectivity index (χ4v) is 3.65. The molecule has 4 aromatic rings. The molecular weight excluding hydrogens is 384 g/mol. The highest BCUT2D eigenvalue weighted by Gasteiger charge is 2.19. The maximum atomic E-state index is 13.4. The number of aryl methyl sites for hydroxylation is 3. The Labute approximate surface area is 174 Å². The maximum Gasteiger partial charge on any atom is 0.235 e. The molecule has 29 heavy (non-hydrogen) atoms. The van der Waals surface area contributed by atoms with Crippen molar-refractivity contribution in [3.8, 4) is 17.1 Å². The lowest BCUT2D eigenvalue weighted by atomic mass is 10.0. The molecule has 3 aromatic carbocycles. The second kappa shape index (κ2) is 7.76. The minimum Gasteiger partial charge on any atom is -0.481 e. The third-order valence-corrected chi connectivity index (χ3v) is 5.31. The van der Waals surface area contributed by atoms with E-state index in [1.54, 1.807) is 6.07 Å². The van der Waals surface area contributed by atoms with Crippen LogP contribution >= 0.6 is 11.6 Å². The Balaban J connectivity index is 1.91. The van der Waals surface area contributed by atoms with Crippen LogP contribution in [-0.2, 0) is 6.61 Å². The van der Waals surface area contributed by atoms with E-state index in [2.05, 4.69) is 0 Å². The largest absolute Gasteiger partial charge is 0.481 e. The van der Waals surface area contributed by atoms with Crippen molar-refractivity contribution in [3.05, 3.63) is 98.2 Å². The molecule has 0 atom stereocenters. The first-order valence-corrected chi connectivity index (χ1v) is 9.83. The molecule has 0 saturated heterocycles. The summed E-state index contributed by atoms with van der Waals surface area (Å²) in [5.41, 5.74) is 5.03. The first-order chi connectivity index (χ1) is 13.9. The van der Waals surface area contributed by atoms with Crippen molar-refractivity contribution in [2.24, 2.45) is 0 Å². The summed E-state index contributed by atoms with van der Waals surface area (Å²) in [5.74, 6) is 0.632. The van der Waals surface area contributed by atoms with Gasteiger partial charge in [-0.1, -0.05) is 65.7 Å². The van der Waals surface area contributed by atoms with Crippen LogP contribution in [0.2, 0.25) is 5.02 Å². The summed E-state index contributed by atoms with van der Waals surface area (Å²) < 4.78 is 12.2. The van der Waals surface area contributed by atoms with E-state index in [0.717, 1.165) is 27.8 Å². The lowest BCUT2D eigenvalue weighted by molar-refractivity contribution is 0.298. The first kappa shape index (κ1) is 19.3. The minimum absolute atomic E-state index is 0.175. The highest BCUT2D eigenvalue weighted by molar-refractivity contribution is 6.31. The number of benzene rings is 3. The fourth-order valence-electron chi connectivity index (χ4n) is 3.46.